The summed E-state index contributed by atoms with van der Waals surface area (Å²) in [6.07, 6.45) is 0. The van der Waals surface area contributed by atoms with Crippen molar-refractivity contribution < 1.29 is 7.05 Å². The minimum atomic E-state index is -2.58. The van der Waals surface area contributed by atoms with Crippen LogP contribution in [0.1, 0.15) is 7.43 Å². The summed E-state index contributed by atoms with van der Waals surface area (Å²) in [5.41, 5.74) is 0. The standard InChI is InChI=1S/CH4.Al.2FH.H/h1H4;;2*1H;/q;+2;;;/p-2. The molecule has 3 heteroatoms. The molecular weight excluding hydrogens is 77.0 g/mol. The lowest BCUT2D eigenvalue weighted by Crippen LogP contribution is -1.45. The maximum absolute atomic E-state index is 9.76. The number of hydrogen-bond donors (Lipinski definition) is 0. The first-order valence-electron chi connectivity index (χ1n) is 0.535. The lowest BCUT2D eigenvalue weighted by molar-refractivity contribution is 0.712. The van der Waals surface area contributed by atoms with Crippen LogP contribution in [0, 0.1) is 0 Å². The van der Waals surface area contributed by atoms with Crippen molar-refractivity contribution in [2.24, 2.45) is 0 Å². The molecule has 0 saturated carbocycles. The summed E-state index contributed by atoms with van der Waals surface area (Å²) in [4.78, 5) is 0. The van der Waals surface area contributed by atoms with E-state index in [1.54, 1.807) is 0 Å². The lowest BCUT2D eigenvalue weighted by atomic mass is 12.0. The zero-order valence-corrected chi connectivity index (χ0v) is 2.88. The van der Waals surface area contributed by atoms with Crippen molar-refractivity contribution in [2.45, 2.75) is 7.43 Å². The first kappa shape index (κ1) is 8.83. The van der Waals surface area contributed by atoms with Gasteiger partial charge in [0.05, 0.1) is 0 Å². The second kappa shape index (κ2) is 10.0. The highest BCUT2D eigenvalue weighted by molar-refractivity contribution is 6.15. The van der Waals surface area contributed by atoms with E-state index in [0.717, 1.165) is 0 Å². The van der Waals surface area contributed by atoms with Gasteiger partial charge in [0.25, 0.3) is 0 Å². The lowest BCUT2D eigenvalue weighted by Gasteiger charge is -1.34. The highest BCUT2D eigenvalue weighted by Gasteiger charge is 1.70. The molecule has 0 atom stereocenters. The van der Waals surface area contributed by atoms with E-state index in [9.17, 15) is 7.05 Å². The number of hydrogen-bond acceptors (Lipinski definition) is 0. The fraction of sp³-hybridized carbons (Fsp3) is 1.00. The molecule has 0 rings (SSSR count). The molecule has 0 saturated heterocycles. The molecule has 0 aromatic carbocycles. The van der Waals surface area contributed by atoms with Crippen molar-refractivity contribution in [1.82, 2.24) is 0 Å². The minimum Gasteiger partial charge on any atom is -0.377 e. The molecule has 0 aliphatic rings. The normalized spacial score (nSPS) is 3.50. The summed E-state index contributed by atoms with van der Waals surface area (Å²) in [5.74, 6) is 0. The molecule has 0 aromatic rings. The van der Waals surface area contributed by atoms with Crippen molar-refractivity contribution in [2.75, 3.05) is 0 Å². The molecular formula is CH5AlF2. The van der Waals surface area contributed by atoms with Crippen LogP contribution in [0.2, 0.25) is 0 Å². The van der Waals surface area contributed by atoms with Crippen LogP contribution in [0.25, 0.3) is 0 Å². The molecule has 0 aliphatic heterocycles. The van der Waals surface area contributed by atoms with E-state index in [-0.39, 0.29) is 7.43 Å². The van der Waals surface area contributed by atoms with Crippen LogP contribution in [0.5, 0.6) is 0 Å². The van der Waals surface area contributed by atoms with Gasteiger partial charge in [-0.1, -0.05) is 7.43 Å². The quantitative estimate of drug-likeness (QED) is 0.379. The van der Waals surface area contributed by atoms with E-state index in [1.807, 2.05) is 0 Å². The first-order valence-corrected chi connectivity index (χ1v) is 1.60. The maximum atomic E-state index is 9.76. The summed E-state index contributed by atoms with van der Waals surface area (Å²) in [6.45, 7) is 0. The summed E-state index contributed by atoms with van der Waals surface area (Å²) in [6, 6.07) is 0. The third-order valence-electron chi connectivity index (χ3n) is 0. The van der Waals surface area contributed by atoms with Crippen LogP contribution in [0.15, 0.2) is 0 Å². The average molecular weight is 82.0 g/mol. The van der Waals surface area contributed by atoms with Gasteiger partial charge in [0, 0.05) is 0 Å². The minimum absolute atomic E-state index is 0. The van der Waals surface area contributed by atoms with Gasteiger partial charge in [-0.25, -0.2) is 0 Å². The third-order valence-corrected chi connectivity index (χ3v) is 0. The van der Waals surface area contributed by atoms with Gasteiger partial charge in [-0.3, -0.25) is 0 Å². The zero-order valence-electron chi connectivity index (χ0n) is 1.46. The Bertz CT molecular complexity index is 6.00. The predicted molar refractivity (Wildman–Crippen MR) is 16.1 cm³/mol. The van der Waals surface area contributed by atoms with Gasteiger partial charge >= 0.3 is 16.1 Å². The van der Waals surface area contributed by atoms with Crippen LogP contribution in [-0.2, 0) is 0 Å². The number of halogens is 2. The van der Waals surface area contributed by atoms with Crippen molar-refractivity contribution in [3.05, 3.63) is 0 Å². The fourth-order valence-corrected chi connectivity index (χ4v) is 0. The van der Waals surface area contributed by atoms with Crippen molar-refractivity contribution in [3.63, 3.8) is 0 Å². The molecule has 26 valence electrons. The van der Waals surface area contributed by atoms with Gasteiger partial charge in [-0.15, -0.1) is 0 Å². The second-order valence-corrected chi connectivity index (χ2v) is 0.303. The van der Waals surface area contributed by atoms with Crippen LogP contribution in [0.3, 0.4) is 0 Å². The van der Waals surface area contributed by atoms with Crippen molar-refractivity contribution in [1.29, 1.82) is 0 Å². The van der Waals surface area contributed by atoms with Gasteiger partial charge in [0.1, 0.15) is 0 Å². The molecule has 0 nitrogen and oxygen atoms in total. The van der Waals surface area contributed by atoms with E-state index < -0.39 is 16.1 Å². The molecule has 0 heterocycles. The molecule has 4 heavy (non-hydrogen) atoms. The SMILES string of the molecule is C.[F][AlH][F]. The molecule has 0 aliphatic carbocycles. The Hall–Kier alpha value is 0.392. The Balaban J connectivity index is 0. The molecule has 0 aromatic heterocycles. The van der Waals surface area contributed by atoms with Crippen molar-refractivity contribution in [3.8, 4) is 0 Å². The van der Waals surface area contributed by atoms with Crippen LogP contribution < -0.4 is 0 Å². The molecule has 0 spiro atoms. The fourth-order valence-electron chi connectivity index (χ4n) is 0. The van der Waals surface area contributed by atoms with Crippen LogP contribution >= 0.6 is 0 Å². The first-order chi connectivity index (χ1) is 1.41. The molecule has 0 bridgehead atoms. The average Bonchev–Trinajstić information content (AvgIpc) is 0.918. The van der Waals surface area contributed by atoms with Gasteiger partial charge in [-0.2, -0.15) is 0 Å². The Labute approximate surface area is 31.5 Å². The van der Waals surface area contributed by atoms with Crippen molar-refractivity contribution >= 4 is 16.1 Å². The Kier molecular flexibility index (Phi) is 22.1. The molecule has 0 fully saturated rings. The monoisotopic (exact) mass is 82.0 g/mol. The Morgan fingerprint density at radius 3 is 1.25 bits per heavy atom. The summed E-state index contributed by atoms with van der Waals surface area (Å²) in [7, 11) is 0. The topological polar surface area (TPSA) is 0 Å². The van der Waals surface area contributed by atoms with Gasteiger partial charge < -0.3 is 7.05 Å². The second-order valence-electron chi connectivity index (χ2n) is 0.101. The maximum Gasteiger partial charge on any atom is 0.732 e. The van der Waals surface area contributed by atoms with Crippen LogP contribution in [0.4, 0.5) is 7.05 Å². The largest absolute Gasteiger partial charge is 0.732 e. The smallest absolute Gasteiger partial charge is 0.377 e. The predicted octanol–water partition coefficient (Wildman–Crippen LogP) is 0.828. The Morgan fingerprint density at radius 2 is 1.25 bits per heavy atom. The molecule has 0 amide bonds. The van der Waals surface area contributed by atoms with E-state index in [2.05, 4.69) is 0 Å². The van der Waals surface area contributed by atoms with E-state index in [0.29, 0.717) is 0 Å². The Morgan fingerprint density at radius 1 is 1.25 bits per heavy atom. The summed E-state index contributed by atoms with van der Waals surface area (Å²) < 4.78 is 19.5. The third kappa shape index (κ3) is 30.1. The van der Waals surface area contributed by atoms with Crippen LogP contribution in [-0.4, -0.2) is 16.1 Å². The molecule has 0 radical (unpaired) electrons. The summed E-state index contributed by atoms with van der Waals surface area (Å²) in [5, 5.41) is 0. The highest BCUT2D eigenvalue weighted by Crippen LogP contribution is 1.49. The molecule has 0 N–H and O–H groups in total. The van der Waals surface area contributed by atoms with Gasteiger partial charge in [0.15, 0.2) is 0 Å². The van der Waals surface area contributed by atoms with Gasteiger partial charge in [0.2, 0.25) is 0 Å². The van der Waals surface area contributed by atoms with E-state index in [4.69, 9.17) is 0 Å². The zero-order chi connectivity index (χ0) is 2.71. The highest BCUT2D eigenvalue weighted by atomic mass is 27.2. The molecule has 0 unspecified atom stereocenters. The van der Waals surface area contributed by atoms with E-state index >= 15 is 0 Å². The number of rotatable bonds is 0. The van der Waals surface area contributed by atoms with E-state index in [1.165, 1.54) is 0 Å². The summed E-state index contributed by atoms with van der Waals surface area (Å²) >= 11 is -2.58. The van der Waals surface area contributed by atoms with Gasteiger partial charge in [-0.05, 0) is 0 Å².